The number of benzene rings is 1. The van der Waals surface area contributed by atoms with Crippen LogP contribution in [0.2, 0.25) is 0 Å². The maximum absolute atomic E-state index is 12.3. The Labute approximate surface area is 127 Å². The fourth-order valence-electron chi connectivity index (χ4n) is 3.23. The van der Waals surface area contributed by atoms with Crippen LogP contribution in [0.3, 0.4) is 0 Å². The molecular weight excluding hydrogens is 318 g/mol. The summed E-state index contributed by atoms with van der Waals surface area (Å²) < 4.78 is 0. The molecule has 1 fully saturated rings. The number of rotatable bonds is 3. The van der Waals surface area contributed by atoms with Gasteiger partial charge in [-0.15, -0.1) is 0 Å². The van der Waals surface area contributed by atoms with Crippen molar-refractivity contribution in [1.29, 1.82) is 0 Å². The van der Waals surface area contributed by atoms with Crippen molar-refractivity contribution < 1.29 is 9.59 Å². The van der Waals surface area contributed by atoms with Crippen molar-refractivity contribution in [3.8, 4) is 0 Å². The SMILES string of the molecule is O=C1c2ccccc2C(=O)N1CC1CCC(CBr)CC1. The predicted molar refractivity (Wildman–Crippen MR) is 81.1 cm³/mol. The molecule has 1 heterocycles. The molecule has 0 unspecified atom stereocenters. The van der Waals surface area contributed by atoms with Gasteiger partial charge in [0, 0.05) is 11.9 Å². The first kappa shape index (κ1) is 13.8. The van der Waals surface area contributed by atoms with Crippen LogP contribution in [0.25, 0.3) is 0 Å². The monoisotopic (exact) mass is 335 g/mol. The largest absolute Gasteiger partial charge is 0.274 e. The molecule has 1 saturated carbocycles. The summed E-state index contributed by atoms with van der Waals surface area (Å²) in [7, 11) is 0. The Morgan fingerprint density at radius 2 is 1.45 bits per heavy atom. The third-order valence-corrected chi connectivity index (χ3v) is 5.42. The summed E-state index contributed by atoms with van der Waals surface area (Å²) in [5.41, 5.74) is 1.12. The highest BCUT2D eigenvalue weighted by Gasteiger charge is 2.36. The number of imide groups is 1. The summed E-state index contributed by atoms with van der Waals surface area (Å²) in [5.74, 6) is 0.988. The topological polar surface area (TPSA) is 37.4 Å². The molecule has 1 aliphatic heterocycles. The Kier molecular flexibility index (Phi) is 3.92. The number of hydrogen-bond donors (Lipinski definition) is 0. The standard InChI is InChI=1S/C16H18BrNO2/c17-9-11-5-7-12(8-6-11)10-18-15(19)13-3-1-2-4-14(13)16(18)20/h1-4,11-12H,5-10H2. The van der Waals surface area contributed by atoms with Crippen molar-refractivity contribution in [2.24, 2.45) is 11.8 Å². The summed E-state index contributed by atoms with van der Waals surface area (Å²) in [6.07, 6.45) is 4.62. The first-order valence-corrected chi connectivity index (χ1v) is 8.34. The van der Waals surface area contributed by atoms with E-state index >= 15 is 0 Å². The fraction of sp³-hybridized carbons (Fsp3) is 0.500. The van der Waals surface area contributed by atoms with Crippen LogP contribution in [0, 0.1) is 11.8 Å². The average molecular weight is 336 g/mol. The molecule has 106 valence electrons. The number of halogens is 1. The van der Waals surface area contributed by atoms with Gasteiger partial charge >= 0.3 is 0 Å². The molecule has 0 aromatic heterocycles. The van der Waals surface area contributed by atoms with E-state index in [4.69, 9.17) is 0 Å². The average Bonchev–Trinajstić information content (AvgIpc) is 2.74. The van der Waals surface area contributed by atoms with Crippen molar-refractivity contribution in [3.63, 3.8) is 0 Å². The van der Waals surface area contributed by atoms with Crippen LogP contribution >= 0.6 is 15.9 Å². The summed E-state index contributed by atoms with van der Waals surface area (Å²) in [6, 6.07) is 7.12. The second-order valence-electron chi connectivity index (χ2n) is 5.81. The highest BCUT2D eigenvalue weighted by Crippen LogP contribution is 2.32. The quantitative estimate of drug-likeness (QED) is 0.626. The van der Waals surface area contributed by atoms with Crippen LogP contribution in [0.4, 0.5) is 0 Å². The maximum Gasteiger partial charge on any atom is 0.261 e. The lowest BCUT2D eigenvalue weighted by atomic mass is 9.83. The van der Waals surface area contributed by atoms with Crippen molar-refractivity contribution in [1.82, 2.24) is 4.90 Å². The first-order chi connectivity index (χ1) is 9.70. The fourth-order valence-corrected chi connectivity index (χ4v) is 3.88. The predicted octanol–water partition coefficient (Wildman–Crippen LogP) is 3.48. The molecule has 2 aliphatic rings. The highest BCUT2D eigenvalue weighted by atomic mass is 79.9. The molecule has 1 aromatic rings. The van der Waals surface area contributed by atoms with Crippen LogP contribution in [-0.4, -0.2) is 28.6 Å². The summed E-state index contributed by atoms with van der Waals surface area (Å²) >= 11 is 3.54. The van der Waals surface area contributed by atoms with Crippen molar-refractivity contribution in [2.45, 2.75) is 25.7 Å². The van der Waals surface area contributed by atoms with Gasteiger partial charge in [0.15, 0.2) is 0 Å². The van der Waals surface area contributed by atoms with Gasteiger partial charge in [-0.3, -0.25) is 14.5 Å². The molecular formula is C16H18BrNO2. The van der Waals surface area contributed by atoms with Gasteiger partial charge in [0.1, 0.15) is 0 Å². The zero-order valence-corrected chi connectivity index (χ0v) is 12.9. The zero-order chi connectivity index (χ0) is 14.1. The van der Waals surface area contributed by atoms with E-state index in [1.807, 2.05) is 12.1 Å². The van der Waals surface area contributed by atoms with Gasteiger partial charge in [-0.2, -0.15) is 0 Å². The minimum Gasteiger partial charge on any atom is -0.274 e. The molecule has 3 rings (SSSR count). The van der Waals surface area contributed by atoms with E-state index in [-0.39, 0.29) is 11.8 Å². The maximum atomic E-state index is 12.3. The van der Waals surface area contributed by atoms with Crippen LogP contribution in [0.15, 0.2) is 24.3 Å². The lowest BCUT2D eigenvalue weighted by Gasteiger charge is -2.29. The van der Waals surface area contributed by atoms with E-state index in [1.54, 1.807) is 12.1 Å². The minimum atomic E-state index is -0.117. The molecule has 0 bridgehead atoms. The molecule has 2 amide bonds. The molecule has 0 saturated heterocycles. The Hall–Kier alpha value is -1.16. The molecule has 1 aromatic carbocycles. The van der Waals surface area contributed by atoms with Gasteiger partial charge < -0.3 is 0 Å². The van der Waals surface area contributed by atoms with Crippen molar-refractivity contribution >= 4 is 27.7 Å². The van der Waals surface area contributed by atoms with E-state index in [9.17, 15) is 9.59 Å². The molecule has 20 heavy (non-hydrogen) atoms. The Balaban J connectivity index is 1.68. The third-order valence-electron chi connectivity index (χ3n) is 4.50. The minimum absolute atomic E-state index is 0.117. The molecule has 4 heteroatoms. The second kappa shape index (κ2) is 5.68. The molecule has 0 N–H and O–H groups in total. The van der Waals surface area contributed by atoms with E-state index in [0.717, 1.165) is 24.1 Å². The second-order valence-corrected chi connectivity index (χ2v) is 6.46. The van der Waals surface area contributed by atoms with Gasteiger partial charge in [0.25, 0.3) is 11.8 Å². The third kappa shape index (κ3) is 2.41. The van der Waals surface area contributed by atoms with Crippen LogP contribution in [0.5, 0.6) is 0 Å². The highest BCUT2D eigenvalue weighted by molar-refractivity contribution is 9.09. The van der Waals surface area contributed by atoms with Crippen LogP contribution < -0.4 is 0 Å². The van der Waals surface area contributed by atoms with Gasteiger partial charge in [0.2, 0.25) is 0 Å². The van der Waals surface area contributed by atoms with Gasteiger partial charge in [-0.05, 0) is 49.7 Å². The number of hydrogen-bond acceptors (Lipinski definition) is 2. The van der Waals surface area contributed by atoms with Gasteiger partial charge in [-0.1, -0.05) is 28.1 Å². The van der Waals surface area contributed by atoms with Crippen molar-refractivity contribution in [3.05, 3.63) is 35.4 Å². The number of amides is 2. The first-order valence-electron chi connectivity index (χ1n) is 7.22. The van der Waals surface area contributed by atoms with E-state index in [2.05, 4.69) is 15.9 Å². The molecule has 1 aliphatic carbocycles. The number of fused-ring (bicyclic) bond motifs is 1. The summed E-state index contributed by atoms with van der Waals surface area (Å²) in [6.45, 7) is 0.585. The number of nitrogens with zero attached hydrogens (tertiary/aromatic N) is 1. The van der Waals surface area contributed by atoms with Gasteiger partial charge in [-0.25, -0.2) is 0 Å². The zero-order valence-electron chi connectivity index (χ0n) is 11.3. The summed E-state index contributed by atoms with van der Waals surface area (Å²) in [5, 5.41) is 1.06. The Morgan fingerprint density at radius 1 is 0.950 bits per heavy atom. The summed E-state index contributed by atoms with van der Waals surface area (Å²) in [4.78, 5) is 26.0. The molecule has 0 spiro atoms. The van der Waals surface area contributed by atoms with E-state index in [1.165, 1.54) is 17.7 Å². The van der Waals surface area contributed by atoms with E-state index in [0.29, 0.717) is 23.6 Å². The Bertz CT molecular complexity index is 500. The number of alkyl halides is 1. The molecule has 0 atom stereocenters. The molecule has 3 nitrogen and oxygen atoms in total. The van der Waals surface area contributed by atoms with E-state index < -0.39 is 0 Å². The van der Waals surface area contributed by atoms with Crippen LogP contribution in [0.1, 0.15) is 46.4 Å². The van der Waals surface area contributed by atoms with Crippen LogP contribution in [-0.2, 0) is 0 Å². The lowest BCUT2D eigenvalue weighted by molar-refractivity contribution is 0.0612. The Morgan fingerprint density at radius 3 is 1.95 bits per heavy atom. The molecule has 0 radical (unpaired) electrons. The van der Waals surface area contributed by atoms with Gasteiger partial charge in [0.05, 0.1) is 11.1 Å². The number of carbonyl (C=O) groups is 2. The normalized spacial score (nSPS) is 25.9. The number of carbonyl (C=O) groups excluding carboxylic acids is 2. The van der Waals surface area contributed by atoms with Crippen molar-refractivity contribution in [2.75, 3.05) is 11.9 Å². The lowest BCUT2D eigenvalue weighted by Crippen LogP contribution is -2.36. The smallest absolute Gasteiger partial charge is 0.261 e.